The minimum atomic E-state index is -0.0233. The molecule has 20 heteroatoms. The SMILES string of the molecule is CC1(C)CC(=O)C2=C(Cc3[nH]nc(Br)c3C2c2ccccc2)C1.CCC1(CC)CC(=O)C2=C(Cc3n[nH]c(C)c3C2c2ccccc2)C1.Cc1[nH]nc2c1C(c1ccccc1)C1=C(C2)CC2(CC2)CC1=O.Cc1[nH]nc2c1C(c1ccccc1)C1=C(C2)CC2(CCC2)CC1=O.Cc1[nH]nc2c1C(c1cccnc1)C1=C(C2)CC(C)(C)CC1=O.Cc1ccccc1[C@H]1C2=C(Cc3n[nH]c(C)c31)CC(C)(C)CC2=O. The number of nitrogens with one attached hydrogen (secondary N) is 6. The lowest BCUT2D eigenvalue weighted by Gasteiger charge is -2.47. The van der Waals surface area contributed by atoms with Gasteiger partial charge in [0.2, 0.25) is 0 Å². The van der Waals surface area contributed by atoms with Crippen molar-refractivity contribution < 1.29 is 28.8 Å². The molecule has 2 fully saturated rings. The number of aromatic amines is 6. The van der Waals surface area contributed by atoms with Crippen LogP contribution >= 0.6 is 15.9 Å². The van der Waals surface area contributed by atoms with Gasteiger partial charge in [0.25, 0.3) is 0 Å². The van der Waals surface area contributed by atoms with E-state index in [-0.39, 0.29) is 68.4 Å². The van der Waals surface area contributed by atoms with Gasteiger partial charge in [-0.25, -0.2) is 0 Å². The maximum Gasteiger partial charge on any atom is 0.160 e. The number of nitrogens with zero attached hydrogens (tertiary/aromatic N) is 7. The minimum Gasteiger partial charge on any atom is -0.294 e. The molecule has 6 N–H and O–H groups in total. The van der Waals surface area contributed by atoms with Crippen LogP contribution in [0.1, 0.15) is 348 Å². The Bertz CT molecular complexity index is 6940. The molecule has 0 radical (unpaired) electrons. The zero-order valence-corrected chi connectivity index (χ0v) is 86.4. The molecule has 0 bridgehead atoms. The predicted octanol–water partition coefficient (Wildman–Crippen LogP) is 25.4. The predicted molar refractivity (Wildman–Crippen MR) is 557 cm³/mol. The summed E-state index contributed by atoms with van der Waals surface area (Å²) < 4.78 is 0.825. The highest BCUT2D eigenvalue weighted by molar-refractivity contribution is 9.10. The third-order valence-corrected chi connectivity index (χ3v) is 34.9. The average Bonchev–Trinajstić information content (AvgIpc) is 1.58. The second-order valence-corrected chi connectivity index (χ2v) is 47.0. The van der Waals surface area contributed by atoms with Gasteiger partial charge in [0.1, 0.15) is 4.60 Å². The van der Waals surface area contributed by atoms with Crippen molar-refractivity contribution in [1.82, 2.24) is 66.2 Å². The number of aryl methyl sites for hydroxylation is 6. The Labute approximate surface area is 841 Å². The molecule has 0 amide bonds. The van der Waals surface area contributed by atoms with E-state index in [0.29, 0.717) is 60.0 Å². The number of ketones is 6. The van der Waals surface area contributed by atoms with Crippen molar-refractivity contribution >= 4 is 50.6 Å². The maximum absolute atomic E-state index is 13.3. The Balaban J connectivity index is 0.000000101. The molecule has 14 aliphatic carbocycles. The molecule has 2 saturated carbocycles. The van der Waals surface area contributed by atoms with Gasteiger partial charge in [0.05, 0.1) is 28.5 Å². The fourth-order valence-electron chi connectivity index (χ4n) is 27.5. The average molecular weight is 1960 g/mol. The number of halogens is 1. The molecule has 26 rings (SSSR count). The highest BCUT2D eigenvalue weighted by Gasteiger charge is 2.54. The van der Waals surface area contributed by atoms with Gasteiger partial charge in [0, 0.05) is 226 Å². The largest absolute Gasteiger partial charge is 0.294 e. The van der Waals surface area contributed by atoms with Crippen LogP contribution < -0.4 is 0 Å². The molecule has 5 aromatic carbocycles. The van der Waals surface area contributed by atoms with Gasteiger partial charge in [-0.05, 0) is 212 Å². The summed E-state index contributed by atoms with van der Waals surface area (Å²) in [6.07, 6.45) is 27.1. The highest BCUT2D eigenvalue weighted by Crippen LogP contribution is 2.63. The van der Waals surface area contributed by atoms with Crippen molar-refractivity contribution in [3.63, 3.8) is 0 Å². The van der Waals surface area contributed by atoms with Gasteiger partial charge in [-0.1, -0.05) is 247 Å². The second-order valence-electron chi connectivity index (χ2n) is 46.2. The zero-order valence-electron chi connectivity index (χ0n) is 84.8. The Kier molecular flexibility index (Phi) is 25.1. The molecule has 0 aliphatic heterocycles. The molecule has 6 atom stereocenters. The summed E-state index contributed by atoms with van der Waals surface area (Å²) in [6.45, 7) is 30.0. The topological polar surface area (TPSA) is 287 Å². The number of aromatic nitrogens is 13. The zero-order chi connectivity index (χ0) is 99.0. The van der Waals surface area contributed by atoms with E-state index in [1.54, 1.807) is 6.20 Å². The summed E-state index contributed by atoms with van der Waals surface area (Å²) in [4.78, 5) is 82.8. The third kappa shape index (κ3) is 17.7. The fraction of sp³-hybridized carbons (Fsp3) is 0.418. The number of hydrogen-bond acceptors (Lipinski definition) is 13. The van der Waals surface area contributed by atoms with Gasteiger partial charge in [0.15, 0.2) is 34.7 Å². The van der Waals surface area contributed by atoms with Crippen molar-refractivity contribution in [3.8, 4) is 0 Å². The van der Waals surface area contributed by atoms with Crippen molar-refractivity contribution in [2.24, 2.45) is 32.5 Å². The number of rotatable bonds is 8. The number of H-pyrrole nitrogens is 6. The number of Topliss-reactive ketones (excluding diaryl/α,β-unsaturated/α-hetero) is 6. The first-order valence-corrected chi connectivity index (χ1v) is 52.6. The van der Waals surface area contributed by atoms with E-state index in [4.69, 9.17) is 0 Å². The Morgan fingerprint density at radius 1 is 0.303 bits per heavy atom. The number of carbonyl (C=O) groups excluding carboxylic acids is 6. The van der Waals surface area contributed by atoms with E-state index in [9.17, 15) is 28.8 Å². The molecule has 19 nitrogen and oxygen atoms in total. The summed E-state index contributed by atoms with van der Waals surface area (Å²) in [5.74, 6) is 2.19. The third-order valence-electron chi connectivity index (χ3n) is 34.3. The van der Waals surface area contributed by atoms with Gasteiger partial charge < -0.3 is 0 Å². The summed E-state index contributed by atoms with van der Waals surface area (Å²) in [5.41, 5.74) is 42.7. The molecule has 0 saturated heterocycles. The van der Waals surface area contributed by atoms with E-state index >= 15 is 0 Å². The summed E-state index contributed by atoms with van der Waals surface area (Å²) >= 11 is 3.57. The molecule has 2 spiro atoms. The highest BCUT2D eigenvalue weighted by atomic mass is 79.9. The summed E-state index contributed by atoms with van der Waals surface area (Å²) in [7, 11) is 0. The van der Waals surface area contributed by atoms with Crippen LogP contribution in [0.15, 0.2) is 242 Å². The number of benzene rings is 5. The van der Waals surface area contributed by atoms with Gasteiger partial charge in [-0.3, -0.25) is 64.3 Å². The van der Waals surface area contributed by atoms with Crippen LogP contribution in [-0.4, -0.2) is 101 Å². The number of carbonyl (C=O) groups is 6. The lowest BCUT2D eigenvalue weighted by atomic mass is 9.56. The van der Waals surface area contributed by atoms with Crippen LogP contribution in [-0.2, 0) is 67.3 Å². The number of hydrogen-bond donors (Lipinski definition) is 6. The standard InChI is InChI=1S/C22H26N2O.C21H22N2O.C21H24N2O.C20H20N2O.C19H19BrN2O.C19H21N3O/c1-4-22(5-2)12-16-11-17-19(14(3)23-24-17)21(20(16)18(25)13-22)15-9-7-6-8-10-15;1-13-18-16(23-22-13)10-15-11-21(8-5-9-21)12-17(24)19(15)20(18)14-6-3-2-4-7-14;1-12-7-5-6-8-15(12)20-18-13(2)22-23-16(18)9-14-10-21(3,4)11-17(24)19(14)20;1-12-17-15(22-21-12)9-14-10-20(7-8-20)11-16(23)18(14)19(17)13-5-3-2-4-6-13;1-19(2)9-12-8-13-17(18(20)22-21-13)16(15(12)14(23)10-19)11-6-4-3-5-7-11;1-11-16-14(22-21-11)7-13-8-19(2,3)9-15(23)17(13)18(16)12-5-4-6-20-10-12/h6-10,21H,4-5,11-13H2,1-3H3,(H,23,24);2-4,6-7,20H,5,8-12H2,1H3,(H,22,23);5-8,20H,9-11H2,1-4H3,(H,22,23);2-6,19H,7-11H2,1H3,(H,21,22);3-7,16H,8-10H2,1-2H3,(H,21,22);4-6,10,18H,7-9H2,1-3H3,(H,21,22)/t;;20-;;;/m..1.../s1. The Morgan fingerprint density at radius 3 is 0.951 bits per heavy atom. The van der Waals surface area contributed by atoms with E-state index in [2.05, 4.69) is 287 Å². The van der Waals surface area contributed by atoms with E-state index in [0.717, 1.165) is 220 Å². The van der Waals surface area contributed by atoms with E-state index in [1.807, 2.05) is 55.6 Å². The fourth-order valence-corrected chi connectivity index (χ4v) is 28.0. The summed E-state index contributed by atoms with van der Waals surface area (Å²) in [6, 6.07) is 54.1. The number of fused-ring (bicyclic) bond motifs is 6. The molecule has 14 aliphatic rings. The first kappa shape index (κ1) is 95.6. The first-order chi connectivity index (χ1) is 68.2. The Hall–Kier alpha value is -12.6. The molecule has 728 valence electrons. The van der Waals surface area contributed by atoms with E-state index in [1.165, 1.54) is 121 Å². The van der Waals surface area contributed by atoms with Gasteiger partial charge in [-0.2, -0.15) is 30.6 Å². The minimum absolute atomic E-state index is 0.00771. The molecule has 7 aromatic heterocycles. The normalized spacial score (nSPS) is 23.1. The van der Waals surface area contributed by atoms with Crippen LogP contribution in [0.3, 0.4) is 0 Å². The van der Waals surface area contributed by atoms with E-state index < -0.39 is 0 Å². The molecular formula is C122H132BrN13O6. The molecule has 12 aromatic rings. The summed E-state index contributed by atoms with van der Waals surface area (Å²) in [5, 5.41) is 46.0. The quantitative estimate of drug-likeness (QED) is 0.0826. The molecule has 142 heavy (non-hydrogen) atoms. The van der Waals surface area contributed by atoms with Crippen molar-refractivity contribution in [2.75, 3.05) is 0 Å². The second kappa shape index (κ2) is 37.3. The van der Waals surface area contributed by atoms with Crippen molar-refractivity contribution in [3.05, 3.63) is 377 Å². The number of allylic oxidation sites excluding steroid dienone is 12. The number of pyridine rings is 1. The van der Waals surface area contributed by atoms with Crippen molar-refractivity contribution in [2.45, 2.75) is 293 Å². The van der Waals surface area contributed by atoms with Crippen LogP contribution in [0.4, 0.5) is 0 Å². The molecule has 5 unspecified atom stereocenters. The van der Waals surface area contributed by atoms with Crippen LogP contribution in [0.2, 0.25) is 0 Å². The van der Waals surface area contributed by atoms with Crippen LogP contribution in [0, 0.1) is 74.0 Å². The van der Waals surface area contributed by atoms with Gasteiger partial charge in [-0.15, -0.1) is 0 Å². The maximum atomic E-state index is 13.3. The molecular weight excluding hydrogens is 1820 g/mol. The van der Waals surface area contributed by atoms with Gasteiger partial charge >= 0.3 is 0 Å². The lowest BCUT2D eigenvalue weighted by Crippen LogP contribution is -2.39. The molecule has 7 heterocycles. The van der Waals surface area contributed by atoms with Crippen LogP contribution in [0.5, 0.6) is 0 Å². The monoisotopic (exact) mass is 1950 g/mol. The lowest BCUT2D eigenvalue weighted by molar-refractivity contribution is -0.121. The smallest absolute Gasteiger partial charge is 0.160 e. The first-order valence-electron chi connectivity index (χ1n) is 51.8. The Morgan fingerprint density at radius 2 is 0.606 bits per heavy atom. The van der Waals surface area contributed by atoms with Crippen LogP contribution in [0.25, 0.3) is 0 Å². The van der Waals surface area contributed by atoms with Crippen molar-refractivity contribution in [1.29, 1.82) is 0 Å².